The fourth-order valence-electron chi connectivity index (χ4n) is 2.54. The van der Waals surface area contributed by atoms with Gasteiger partial charge in [0.1, 0.15) is 17.2 Å². The van der Waals surface area contributed by atoms with E-state index in [1.807, 2.05) is 31.2 Å². The molecule has 2 N–H and O–H groups in total. The summed E-state index contributed by atoms with van der Waals surface area (Å²) in [7, 11) is 4.79. The number of ether oxygens (including phenoxy) is 3. The van der Waals surface area contributed by atoms with Gasteiger partial charge in [-0.15, -0.1) is 0 Å². The van der Waals surface area contributed by atoms with Crippen LogP contribution >= 0.6 is 0 Å². The molecule has 6 heteroatoms. The fourth-order valence-corrected chi connectivity index (χ4v) is 2.54. The smallest absolute Gasteiger partial charge is 0.226 e. The Labute approximate surface area is 154 Å². The van der Waals surface area contributed by atoms with Crippen LogP contribution in [-0.2, 0) is 11.3 Å². The first-order chi connectivity index (χ1) is 12.5. The number of hydrogen-bond acceptors (Lipinski definition) is 5. The lowest BCUT2D eigenvalue weighted by molar-refractivity contribution is -0.116. The first-order valence-corrected chi connectivity index (χ1v) is 8.44. The average Bonchev–Trinajstić information content (AvgIpc) is 2.66. The number of nitrogens with one attached hydrogen (secondary N) is 2. The van der Waals surface area contributed by atoms with E-state index in [9.17, 15) is 4.79 Å². The van der Waals surface area contributed by atoms with Crippen LogP contribution in [0.3, 0.4) is 0 Å². The highest BCUT2D eigenvalue weighted by Crippen LogP contribution is 2.29. The molecule has 26 heavy (non-hydrogen) atoms. The van der Waals surface area contributed by atoms with Gasteiger partial charge in [0, 0.05) is 25.1 Å². The monoisotopic (exact) mass is 358 g/mol. The summed E-state index contributed by atoms with van der Waals surface area (Å²) in [5.41, 5.74) is 1.70. The molecule has 0 saturated heterocycles. The third-order valence-corrected chi connectivity index (χ3v) is 3.96. The molecule has 1 amide bonds. The molecule has 0 aliphatic rings. The van der Waals surface area contributed by atoms with E-state index in [2.05, 4.69) is 10.6 Å². The van der Waals surface area contributed by atoms with Crippen molar-refractivity contribution in [2.75, 3.05) is 26.6 Å². The number of amides is 1. The zero-order valence-corrected chi connectivity index (χ0v) is 15.7. The predicted molar refractivity (Wildman–Crippen MR) is 102 cm³/mol. The van der Waals surface area contributed by atoms with Crippen LogP contribution in [0.2, 0.25) is 0 Å². The first-order valence-electron chi connectivity index (χ1n) is 8.44. The number of methoxy groups -OCH3 is 3. The quantitative estimate of drug-likeness (QED) is 0.720. The minimum absolute atomic E-state index is 0.0119. The molecule has 0 fully saturated rings. The summed E-state index contributed by atoms with van der Waals surface area (Å²) in [6.45, 7) is 2.64. The molecule has 0 heterocycles. The van der Waals surface area contributed by atoms with Gasteiger partial charge in [0.15, 0.2) is 0 Å². The minimum Gasteiger partial charge on any atom is -0.497 e. The summed E-state index contributed by atoms with van der Waals surface area (Å²) in [5, 5.41) is 6.23. The van der Waals surface area contributed by atoms with Gasteiger partial charge in [0.25, 0.3) is 0 Å². The van der Waals surface area contributed by atoms with Crippen LogP contribution in [0.4, 0.5) is 5.69 Å². The normalized spacial score (nSPS) is 11.5. The molecule has 0 aliphatic heterocycles. The van der Waals surface area contributed by atoms with E-state index in [4.69, 9.17) is 14.2 Å². The Morgan fingerprint density at radius 2 is 1.73 bits per heavy atom. The van der Waals surface area contributed by atoms with Gasteiger partial charge in [-0.25, -0.2) is 0 Å². The van der Waals surface area contributed by atoms with E-state index in [-0.39, 0.29) is 11.9 Å². The number of rotatable bonds is 9. The molecular weight excluding hydrogens is 332 g/mol. The summed E-state index contributed by atoms with van der Waals surface area (Å²) >= 11 is 0. The molecule has 0 saturated carbocycles. The summed E-state index contributed by atoms with van der Waals surface area (Å²) in [6, 6.07) is 13.1. The number of carbonyl (C=O) groups excluding carboxylic acids is 1. The highest BCUT2D eigenvalue weighted by Gasteiger charge is 2.12. The third-order valence-electron chi connectivity index (χ3n) is 3.96. The zero-order valence-electron chi connectivity index (χ0n) is 15.7. The molecule has 0 bridgehead atoms. The third kappa shape index (κ3) is 5.67. The van der Waals surface area contributed by atoms with Gasteiger partial charge >= 0.3 is 0 Å². The summed E-state index contributed by atoms with van der Waals surface area (Å²) in [6.07, 6.45) is 0.338. The molecule has 1 unspecified atom stereocenters. The molecule has 0 aromatic heterocycles. The van der Waals surface area contributed by atoms with Crippen LogP contribution < -0.4 is 24.8 Å². The van der Waals surface area contributed by atoms with Crippen molar-refractivity contribution in [3.8, 4) is 17.2 Å². The maximum absolute atomic E-state index is 12.3. The Bertz CT molecular complexity index is 734. The molecule has 0 aliphatic carbocycles. The fraction of sp³-hybridized carbons (Fsp3) is 0.350. The minimum atomic E-state index is -0.0952. The molecule has 2 rings (SSSR count). The second kappa shape index (κ2) is 9.68. The lowest BCUT2D eigenvalue weighted by atomic mass is 10.1. The van der Waals surface area contributed by atoms with Gasteiger partial charge in [0.2, 0.25) is 5.91 Å². The Kier molecular flexibility index (Phi) is 7.29. The highest BCUT2D eigenvalue weighted by molar-refractivity contribution is 5.92. The van der Waals surface area contributed by atoms with E-state index in [0.29, 0.717) is 30.2 Å². The topological polar surface area (TPSA) is 68.8 Å². The van der Waals surface area contributed by atoms with Crippen molar-refractivity contribution in [3.05, 3.63) is 48.0 Å². The molecular formula is C20H26N2O4. The zero-order chi connectivity index (χ0) is 18.9. The maximum Gasteiger partial charge on any atom is 0.226 e. The van der Waals surface area contributed by atoms with Gasteiger partial charge in [-0.2, -0.15) is 0 Å². The van der Waals surface area contributed by atoms with Crippen molar-refractivity contribution in [1.29, 1.82) is 0 Å². The maximum atomic E-state index is 12.3. The van der Waals surface area contributed by atoms with Crippen molar-refractivity contribution in [2.24, 2.45) is 0 Å². The summed E-state index contributed by atoms with van der Waals surface area (Å²) in [4.78, 5) is 12.3. The van der Waals surface area contributed by atoms with E-state index < -0.39 is 0 Å². The average molecular weight is 358 g/mol. The molecule has 0 spiro atoms. The van der Waals surface area contributed by atoms with Crippen LogP contribution in [0.1, 0.15) is 18.9 Å². The standard InChI is InChI=1S/C20H26N2O4/c1-14(21-13-15-6-5-7-16(11-15)24-2)10-20(23)22-18-12-17(25-3)8-9-19(18)26-4/h5-9,11-12,14,21H,10,13H2,1-4H3,(H,22,23). The Hall–Kier alpha value is -2.73. The second-order valence-corrected chi connectivity index (χ2v) is 5.95. The Morgan fingerprint density at radius 1 is 1.00 bits per heavy atom. The van der Waals surface area contributed by atoms with Crippen molar-refractivity contribution in [3.63, 3.8) is 0 Å². The van der Waals surface area contributed by atoms with Crippen molar-refractivity contribution >= 4 is 11.6 Å². The number of benzene rings is 2. The molecule has 140 valence electrons. The summed E-state index contributed by atoms with van der Waals surface area (Å²) < 4.78 is 15.7. The van der Waals surface area contributed by atoms with Gasteiger partial charge < -0.3 is 24.8 Å². The molecule has 2 aromatic carbocycles. The lowest BCUT2D eigenvalue weighted by Gasteiger charge is -2.16. The molecule has 1 atom stereocenters. The molecule has 0 radical (unpaired) electrons. The van der Waals surface area contributed by atoms with Crippen molar-refractivity contribution in [1.82, 2.24) is 5.32 Å². The molecule has 2 aromatic rings. The first kappa shape index (κ1) is 19.6. The van der Waals surface area contributed by atoms with Crippen LogP contribution in [0.25, 0.3) is 0 Å². The van der Waals surface area contributed by atoms with Crippen LogP contribution in [0.5, 0.6) is 17.2 Å². The van der Waals surface area contributed by atoms with E-state index in [1.165, 1.54) is 0 Å². The Morgan fingerprint density at radius 3 is 2.42 bits per heavy atom. The van der Waals surface area contributed by atoms with Crippen LogP contribution in [0, 0.1) is 0 Å². The van der Waals surface area contributed by atoms with Crippen molar-refractivity contribution in [2.45, 2.75) is 25.9 Å². The SMILES string of the molecule is COc1cccc(CNC(C)CC(=O)Nc2cc(OC)ccc2OC)c1. The van der Waals surface area contributed by atoms with Gasteiger partial charge in [-0.05, 0) is 36.8 Å². The summed E-state index contributed by atoms with van der Waals surface area (Å²) in [5.74, 6) is 1.98. The highest BCUT2D eigenvalue weighted by atomic mass is 16.5. The second-order valence-electron chi connectivity index (χ2n) is 5.95. The number of carbonyl (C=O) groups is 1. The Balaban J connectivity index is 1.88. The number of anilines is 1. The van der Waals surface area contributed by atoms with Crippen molar-refractivity contribution < 1.29 is 19.0 Å². The lowest BCUT2D eigenvalue weighted by Crippen LogP contribution is -2.30. The van der Waals surface area contributed by atoms with E-state index >= 15 is 0 Å². The predicted octanol–water partition coefficient (Wildman–Crippen LogP) is 3.22. The number of hydrogen-bond donors (Lipinski definition) is 2. The van der Waals surface area contributed by atoms with Crippen LogP contribution in [-0.4, -0.2) is 33.3 Å². The van der Waals surface area contributed by atoms with Crippen LogP contribution in [0.15, 0.2) is 42.5 Å². The van der Waals surface area contributed by atoms with Gasteiger partial charge in [0.05, 0.1) is 27.0 Å². The van der Waals surface area contributed by atoms with E-state index in [0.717, 1.165) is 11.3 Å². The van der Waals surface area contributed by atoms with Gasteiger partial charge in [-0.1, -0.05) is 12.1 Å². The molecule has 6 nitrogen and oxygen atoms in total. The van der Waals surface area contributed by atoms with Gasteiger partial charge in [-0.3, -0.25) is 4.79 Å². The largest absolute Gasteiger partial charge is 0.497 e. The van der Waals surface area contributed by atoms with E-state index in [1.54, 1.807) is 39.5 Å².